The Morgan fingerprint density at radius 2 is 1.79 bits per heavy atom. The summed E-state index contributed by atoms with van der Waals surface area (Å²) in [6.45, 7) is 6.63. The summed E-state index contributed by atoms with van der Waals surface area (Å²) >= 11 is 3.40. The summed E-state index contributed by atoms with van der Waals surface area (Å²) in [5, 5.41) is 0. The summed E-state index contributed by atoms with van der Waals surface area (Å²) < 4.78 is 11.9. The lowest BCUT2D eigenvalue weighted by molar-refractivity contribution is -0.123. The first-order valence-corrected chi connectivity index (χ1v) is 10.4. The molecule has 0 saturated heterocycles. The molecule has 0 radical (unpaired) electrons. The summed E-state index contributed by atoms with van der Waals surface area (Å²) in [5.74, 6) is 0.737. The van der Waals surface area contributed by atoms with Crippen molar-refractivity contribution in [3.05, 3.63) is 58.1 Å². The normalized spacial score (nSPS) is 10.5. The highest BCUT2D eigenvalue weighted by Gasteiger charge is 2.12. The van der Waals surface area contributed by atoms with E-state index in [-0.39, 0.29) is 12.5 Å². The van der Waals surface area contributed by atoms with Crippen molar-refractivity contribution in [3.63, 3.8) is 0 Å². The van der Waals surface area contributed by atoms with E-state index in [1.807, 2.05) is 24.3 Å². The van der Waals surface area contributed by atoms with Gasteiger partial charge >= 0.3 is 0 Å². The number of hydrazine groups is 1. The van der Waals surface area contributed by atoms with Crippen LogP contribution in [0.25, 0.3) is 0 Å². The molecule has 156 valence electrons. The fourth-order valence-corrected chi connectivity index (χ4v) is 3.05. The fourth-order valence-electron chi connectivity index (χ4n) is 2.55. The van der Waals surface area contributed by atoms with Gasteiger partial charge in [-0.25, -0.2) is 0 Å². The molecule has 0 saturated carbocycles. The van der Waals surface area contributed by atoms with E-state index in [4.69, 9.17) is 9.47 Å². The maximum Gasteiger partial charge on any atom is 0.276 e. The summed E-state index contributed by atoms with van der Waals surface area (Å²) in [5.41, 5.74) is 6.18. The average Bonchev–Trinajstić information content (AvgIpc) is 2.71. The van der Waals surface area contributed by atoms with Gasteiger partial charge in [-0.15, -0.1) is 0 Å². The van der Waals surface area contributed by atoms with Crippen LogP contribution in [0.4, 0.5) is 0 Å². The third kappa shape index (κ3) is 7.09. The predicted octanol–water partition coefficient (Wildman–Crippen LogP) is 4.59. The van der Waals surface area contributed by atoms with Crippen molar-refractivity contribution in [2.24, 2.45) is 0 Å². The first-order valence-electron chi connectivity index (χ1n) is 9.65. The number of amides is 2. The third-order valence-corrected chi connectivity index (χ3v) is 4.78. The first-order chi connectivity index (χ1) is 13.9. The van der Waals surface area contributed by atoms with E-state index in [0.717, 1.165) is 18.4 Å². The fraction of sp³-hybridized carbons (Fsp3) is 0.364. The van der Waals surface area contributed by atoms with Crippen LogP contribution in [0, 0.1) is 0 Å². The number of benzene rings is 2. The number of rotatable bonds is 9. The molecule has 0 spiro atoms. The Morgan fingerprint density at radius 1 is 1.03 bits per heavy atom. The number of hydrogen-bond donors (Lipinski definition) is 2. The summed E-state index contributed by atoms with van der Waals surface area (Å²) in [7, 11) is 0. The van der Waals surface area contributed by atoms with E-state index in [1.165, 1.54) is 0 Å². The SMILES string of the molecule is CCCCOc1ccc(C(=O)NNC(=O)COc2ccccc2C(C)C)cc1Br. The van der Waals surface area contributed by atoms with E-state index in [2.05, 4.69) is 47.6 Å². The molecule has 29 heavy (non-hydrogen) atoms. The Kier molecular flexibility index (Phi) is 8.99. The van der Waals surface area contributed by atoms with E-state index in [9.17, 15) is 9.59 Å². The van der Waals surface area contributed by atoms with Gasteiger partial charge in [-0.3, -0.25) is 20.4 Å². The lowest BCUT2D eigenvalue weighted by atomic mass is 10.0. The van der Waals surface area contributed by atoms with Crippen LogP contribution in [0.15, 0.2) is 46.9 Å². The van der Waals surface area contributed by atoms with Gasteiger partial charge in [0.1, 0.15) is 11.5 Å². The van der Waals surface area contributed by atoms with Gasteiger partial charge in [-0.2, -0.15) is 0 Å². The zero-order valence-corrected chi connectivity index (χ0v) is 18.5. The van der Waals surface area contributed by atoms with Crippen molar-refractivity contribution in [3.8, 4) is 11.5 Å². The summed E-state index contributed by atoms with van der Waals surface area (Å²) in [6.07, 6.45) is 2.01. The smallest absolute Gasteiger partial charge is 0.276 e. The Labute approximate surface area is 180 Å². The van der Waals surface area contributed by atoms with Crippen LogP contribution >= 0.6 is 15.9 Å². The zero-order chi connectivity index (χ0) is 21.2. The molecular formula is C22H27BrN2O4. The van der Waals surface area contributed by atoms with Crippen LogP contribution in [0.1, 0.15) is 55.5 Å². The molecule has 2 amide bonds. The van der Waals surface area contributed by atoms with E-state index in [0.29, 0.717) is 28.1 Å². The zero-order valence-electron chi connectivity index (χ0n) is 17.0. The van der Waals surface area contributed by atoms with E-state index < -0.39 is 11.8 Å². The van der Waals surface area contributed by atoms with Crippen molar-refractivity contribution < 1.29 is 19.1 Å². The van der Waals surface area contributed by atoms with Crippen molar-refractivity contribution in [1.29, 1.82) is 0 Å². The molecule has 2 aromatic carbocycles. The number of carbonyl (C=O) groups is 2. The van der Waals surface area contributed by atoms with Gasteiger partial charge in [0.15, 0.2) is 6.61 Å². The minimum atomic E-state index is -0.449. The van der Waals surface area contributed by atoms with Crippen LogP contribution < -0.4 is 20.3 Å². The second kappa shape index (κ2) is 11.5. The van der Waals surface area contributed by atoms with Crippen molar-refractivity contribution >= 4 is 27.7 Å². The van der Waals surface area contributed by atoms with Crippen molar-refractivity contribution in [2.45, 2.75) is 39.5 Å². The molecule has 2 rings (SSSR count). The highest BCUT2D eigenvalue weighted by molar-refractivity contribution is 9.10. The second-order valence-electron chi connectivity index (χ2n) is 6.83. The molecule has 0 heterocycles. The minimum absolute atomic E-state index is 0.197. The molecular weight excluding hydrogens is 436 g/mol. The molecule has 0 aliphatic carbocycles. The number of nitrogens with one attached hydrogen (secondary N) is 2. The number of carbonyl (C=O) groups excluding carboxylic acids is 2. The monoisotopic (exact) mass is 462 g/mol. The Hall–Kier alpha value is -2.54. The van der Waals surface area contributed by atoms with Gasteiger partial charge in [0.05, 0.1) is 11.1 Å². The topological polar surface area (TPSA) is 76.7 Å². The van der Waals surface area contributed by atoms with Gasteiger partial charge in [0, 0.05) is 5.56 Å². The Bertz CT molecular complexity index is 839. The molecule has 7 heteroatoms. The minimum Gasteiger partial charge on any atom is -0.492 e. The number of ether oxygens (including phenoxy) is 2. The number of para-hydroxylation sites is 1. The molecule has 0 aromatic heterocycles. The average molecular weight is 463 g/mol. The summed E-state index contributed by atoms with van der Waals surface area (Å²) in [6, 6.07) is 12.6. The molecule has 2 N–H and O–H groups in total. The van der Waals surface area contributed by atoms with Crippen LogP contribution in [0.2, 0.25) is 0 Å². The van der Waals surface area contributed by atoms with Crippen molar-refractivity contribution in [1.82, 2.24) is 10.9 Å². The second-order valence-corrected chi connectivity index (χ2v) is 7.69. The predicted molar refractivity (Wildman–Crippen MR) is 116 cm³/mol. The van der Waals surface area contributed by atoms with Crippen molar-refractivity contribution in [2.75, 3.05) is 13.2 Å². The van der Waals surface area contributed by atoms with Crippen LogP contribution in [-0.4, -0.2) is 25.0 Å². The lowest BCUT2D eigenvalue weighted by Gasteiger charge is -2.14. The number of halogens is 1. The molecule has 0 aliphatic rings. The van der Waals surface area contributed by atoms with Gasteiger partial charge in [-0.05, 0) is 58.1 Å². The third-order valence-electron chi connectivity index (χ3n) is 4.16. The molecule has 2 aromatic rings. The molecule has 0 atom stereocenters. The highest BCUT2D eigenvalue weighted by atomic mass is 79.9. The van der Waals surface area contributed by atoms with E-state index >= 15 is 0 Å². The summed E-state index contributed by atoms with van der Waals surface area (Å²) in [4.78, 5) is 24.3. The largest absolute Gasteiger partial charge is 0.492 e. The molecule has 0 bridgehead atoms. The van der Waals surface area contributed by atoms with Gasteiger partial charge in [0.25, 0.3) is 11.8 Å². The van der Waals surface area contributed by atoms with E-state index in [1.54, 1.807) is 18.2 Å². The lowest BCUT2D eigenvalue weighted by Crippen LogP contribution is -2.43. The molecule has 0 aliphatic heterocycles. The number of hydrogen-bond acceptors (Lipinski definition) is 4. The Balaban J connectivity index is 1.84. The van der Waals surface area contributed by atoms with Gasteiger partial charge < -0.3 is 9.47 Å². The maximum atomic E-state index is 12.3. The first kappa shape index (κ1) is 22.7. The molecule has 0 unspecified atom stereocenters. The van der Waals surface area contributed by atoms with Crippen LogP contribution in [0.5, 0.6) is 11.5 Å². The van der Waals surface area contributed by atoms with Crippen LogP contribution in [0.3, 0.4) is 0 Å². The Morgan fingerprint density at radius 3 is 2.48 bits per heavy atom. The molecule has 0 fully saturated rings. The standard InChI is InChI=1S/C22H27BrN2O4/c1-4-5-12-28-20-11-10-16(13-18(20)23)22(27)25-24-21(26)14-29-19-9-7-6-8-17(19)15(2)3/h6-11,13,15H,4-5,12,14H2,1-3H3,(H,24,26)(H,25,27). The van der Waals surface area contributed by atoms with Gasteiger partial charge in [0.2, 0.25) is 0 Å². The molecule has 6 nitrogen and oxygen atoms in total. The quantitative estimate of drug-likeness (QED) is 0.421. The van der Waals surface area contributed by atoms with Gasteiger partial charge in [-0.1, -0.05) is 45.4 Å². The van der Waals surface area contributed by atoms with Crippen LogP contribution in [-0.2, 0) is 4.79 Å². The number of unbranched alkanes of at least 4 members (excludes halogenated alkanes) is 1. The maximum absolute atomic E-state index is 12.3. The highest BCUT2D eigenvalue weighted by Crippen LogP contribution is 2.27.